The van der Waals surface area contributed by atoms with Gasteiger partial charge in [0.05, 0.1) is 6.61 Å². The van der Waals surface area contributed by atoms with Crippen molar-refractivity contribution in [3.8, 4) is 0 Å². The van der Waals surface area contributed by atoms with Gasteiger partial charge >= 0.3 is 6.61 Å². The molecule has 0 radical (unpaired) electrons. The summed E-state index contributed by atoms with van der Waals surface area (Å²) in [5, 5.41) is 3.14. The van der Waals surface area contributed by atoms with Crippen molar-refractivity contribution >= 4 is 0 Å². The molecule has 0 spiro atoms. The molecule has 0 heterocycles. The Kier molecular flexibility index (Phi) is 6.10. The average molecular weight is 221 g/mol. The fourth-order valence-electron chi connectivity index (χ4n) is 2.24. The van der Waals surface area contributed by atoms with Gasteiger partial charge in [0.2, 0.25) is 0 Å². The van der Waals surface area contributed by atoms with Crippen LogP contribution < -0.4 is 5.32 Å². The van der Waals surface area contributed by atoms with Gasteiger partial charge in [-0.3, -0.25) is 0 Å². The molecule has 4 heteroatoms. The Bertz CT molecular complexity index is 159. The molecule has 1 rings (SSSR count). The van der Waals surface area contributed by atoms with Gasteiger partial charge in [-0.1, -0.05) is 12.8 Å². The predicted octanol–water partition coefficient (Wildman–Crippen LogP) is 2.64. The Morgan fingerprint density at radius 3 is 2.33 bits per heavy atom. The SMILES string of the molecule is CNCCC1CCC(COC(F)F)CC1. The summed E-state index contributed by atoms with van der Waals surface area (Å²) in [6, 6.07) is 0. The zero-order valence-electron chi connectivity index (χ0n) is 9.35. The van der Waals surface area contributed by atoms with Crippen LogP contribution in [0.25, 0.3) is 0 Å². The third-order valence-electron chi connectivity index (χ3n) is 3.23. The van der Waals surface area contributed by atoms with E-state index in [1.165, 1.54) is 19.3 Å². The molecule has 1 fully saturated rings. The maximum Gasteiger partial charge on any atom is 0.345 e. The monoisotopic (exact) mass is 221 g/mol. The quantitative estimate of drug-likeness (QED) is 0.744. The van der Waals surface area contributed by atoms with Crippen LogP contribution >= 0.6 is 0 Å². The highest BCUT2D eigenvalue weighted by Gasteiger charge is 2.21. The van der Waals surface area contributed by atoms with Gasteiger partial charge in [0.1, 0.15) is 0 Å². The van der Waals surface area contributed by atoms with Gasteiger partial charge in [0.25, 0.3) is 0 Å². The van der Waals surface area contributed by atoms with E-state index >= 15 is 0 Å². The second-order valence-electron chi connectivity index (χ2n) is 4.37. The number of hydrogen-bond donors (Lipinski definition) is 1. The third kappa shape index (κ3) is 5.42. The topological polar surface area (TPSA) is 21.3 Å². The van der Waals surface area contributed by atoms with Crippen molar-refractivity contribution in [2.75, 3.05) is 20.2 Å². The lowest BCUT2D eigenvalue weighted by Gasteiger charge is -2.28. The number of nitrogens with one attached hydrogen (secondary N) is 1. The molecule has 0 bridgehead atoms. The second kappa shape index (κ2) is 7.12. The lowest BCUT2D eigenvalue weighted by molar-refractivity contribution is -0.140. The molecular formula is C11H21F2NO. The van der Waals surface area contributed by atoms with Crippen LogP contribution in [0.3, 0.4) is 0 Å². The van der Waals surface area contributed by atoms with E-state index in [4.69, 9.17) is 0 Å². The summed E-state index contributed by atoms with van der Waals surface area (Å²) in [7, 11) is 1.96. The molecule has 1 N–H and O–H groups in total. The Balaban J connectivity index is 2.07. The Morgan fingerprint density at radius 2 is 1.80 bits per heavy atom. The van der Waals surface area contributed by atoms with Crippen molar-refractivity contribution in [2.45, 2.75) is 38.7 Å². The van der Waals surface area contributed by atoms with Gasteiger partial charge in [0.15, 0.2) is 0 Å². The lowest BCUT2D eigenvalue weighted by atomic mass is 9.81. The summed E-state index contributed by atoms with van der Waals surface area (Å²) in [6.07, 6.45) is 5.62. The molecular weight excluding hydrogens is 200 g/mol. The number of rotatable bonds is 6. The van der Waals surface area contributed by atoms with Crippen LogP contribution in [0, 0.1) is 11.8 Å². The fourth-order valence-corrected chi connectivity index (χ4v) is 2.24. The summed E-state index contributed by atoms with van der Waals surface area (Å²) in [4.78, 5) is 0. The summed E-state index contributed by atoms with van der Waals surface area (Å²) in [5.74, 6) is 1.13. The standard InChI is InChI=1S/C11H21F2NO/c1-14-7-6-9-2-4-10(5-3-9)8-15-11(12)13/h9-11,14H,2-8H2,1H3. The number of hydrogen-bond acceptors (Lipinski definition) is 2. The van der Waals surface area contributed by atoms with Crippen molar-refractivity contribution in [3.05, 3.63) is 0 Å². The maximum absolute atomic E-state index is 11.8. The number of halogens is 2. The first-order valence-corrected chi connectivity index (χ1v) is 5.76. The average Bonchev–Trinajstić information content (AvgIpc) is 2.25. The molecule has 0 amide bonds. The summed E-state index contributed by atoms with van der Waals surface area (Å²) in [5.41, 5.74) is 0. The van der Waals surface area contributed by atoms with Crippen LogP contribution in [0.15, 0.2) is 0 Å². The fraction of sp³-hybridized carbons (Fsp3) is 1.00. The van der Waals surface area contributed by atoms with Gasteiger partial charge in [-0.2, -0.15) is 8.78 Å². The second-order valence-corrected chi connectivity index (χ2v) is 4.37. The van der Waals surface area contributed by atoms with Crippen molar-refractivity contribution in [1.29, 1.82) is 0 Å². The van der Waals surface area contributed by atoms with E-state index in [1.54, 1.807) is 0 Å². The molecule has 0 saturated heterocycles. The molecule has 1 aliphatic rings. The zero-order chi connectivity index (χ0) is 11.1. The Morgan fingerprint density at radius 1 is 1.20 bits per heavy atom. The predicted molar refractivity (Wildman–Crippen MR) is 55.9 cm³/mol. The third-order valence-corrected chi connectivity index (χ3v) is 3.23. The molecule has 0 aromatic rings. The van der Waals surface area contributed by atoms with Gasteiger partial charge in [0, 0.05) is 0 Å². The minimum Gasteiger partial charge on any atom is -0.323 e. The molecule has 0 aromatic carbocycles. The molecule has 0 atom stereocenters. The van der Waals surface area contributed by atoms with Crippen molar-refractivity contribution in [1.82, 2.24) is 5.32 Å². The van der Waals surface area contributed by atoms with E-state index in [2.05, 4.69) is 10.1 Å². The van der Waals surface area contributed by atoms with Crippen LogP contribution in [0.1, 0.15) is 32.1 Å². The van der Waals surface area contributed by atoms with E-state index in [-0.39, 0.29) is 6.61 Å². The largest absolute Gasteiger partial charge is 0.345 e. The van der Waals surface area contributed by atoms with Gasteiger partial charge < -0.3 is 10.1 Å². The van der Waals surface area contributed by atoms with Crippen LogP contribution in [0.5, 0.6) is 0 Å². The molecule has 0 unspecified atom stereocenters. The van der Waals surface area contributed by atoms with Crippen LogP contribution in [0.4, 0.5) is 8.78 Å². The molecule has 15 heavy (non-hydrogen) atoms. The van der Waals surface area contributed by atoms with E-state index in [9.17, 15) is 8.78 Å². The summed E-state index contributed by atoms with van der Waals surface area (Å²) in [6.45, 7) is -1.31. The molecule has 2 nitrogen and oxygen atoms in total. The first kappa shape index (κ1) is 12.8. The van der Waals surface area contributed by atoms with E-state index in [0.717, 1.165) is 25.3 Å². The zero-order valence-corrected chi connectivity index (χ0v) is 9.35. The highest BCUT2D eigenvalue weighted by molar-refractivity contribution is 4.72. The maximum atomic E-state index is 11.8. The molecule has 0 aliphatic heterocycles. The molecule has 1 saturated carbocycles. The first-order valence-electron chi connectivity index (χ1n) is 5.76. The number of ether oxygens (including phenoxy) is 1. The smallest absolute Gasteiger partial charge is 0.323 e. The molecule has 1 aliphatic carbocycles. The van der Waals surface area contributed by atoms with E-state index < -0.39 is 6.61 Å². The van der Waals surface area contributed by atoms with Gasteiger partial charge in [-0.15, -0.1) is 0 Å². The van der Waals surface area contributed by atoms with E-state index in [0.29, 0.717) is 5.92 Å². The minimum atomic E-state index is -2.60. The van der Waals surface area contributed by atoms with Crippen molar-refractivity contribution in [3.63, 3.8) is 0 Å². The Labute approximate surface area is 90.4 Å². The van der Waals surface area contributed by atoms with Gasteiger partial charge in [-0.25, -0.2) is 0 Å². The highest BCUT2D eigenvalue weighted by Crippen LogP contribution is 2.30. The lowest BCUT2D eigenvalue weighted by Crippen LogP contribution is -2.22. The summed E-state index contributed by atoms with van der Waals surface area (Å²) < 4.78 is 28.0. The Hall–Kier alpha value is -0.220. The van der Waals surface area contributed by atoms with Gasteiger partial charge in [-0.05, 0) is 44.7 Å². The highest BCUT2D eigenvalue weighted by atomic mass is 19.3. The van der Waals surface area contributed by atoms with Crippen LogP contribution in [0.2, 0.25) is 0 Å². The molecule has 0 aromatic heterocycles. The van der Waals surface area contributed by atoms with Crippen LogP contribution in [-0.4, -0.2) is 26.8 Å². The summed E-state index contributed by atoms with van der Waals surface area (Å²) >= 11 is 0. The normalized spacial score (nSPS) is 27.2. The van der Waals surface area contributed by atoms with Crippen molar-refractivity contribution in [2.24, 2.45) is 11.8 Å². The van der Waals surface area contributed by atoms with Crippen molar-refractivity contribution < 1.29 is 13.5 Å². The number of alkyl halides is 2. The molecule has 90 valence electrons. The van der Waals surface area contributed by atoms with Crippen LogP contribution in [-0.2, 0) is 4.74 Å². The first-order chi connectivity index (χ1) is 7.22. The van der Waals surface area contributed by atoms with E-state index in [1.807, 2.05) is 7.05 Å². The minimum absolute atomic E-state index is 0.233.